The van der Waals surface area contributed by atoms with Crippen LogP contribution in [0.3, 0.4) is 0 Å². The number of aliphatic imine (C=N–C) groups is 1. The maximum atomic E-state index is 12.8. The molecule has 14 heteroatoms. The molecule has 0 radical (unpaired) electrons. The molecule has 1 atom stereocenters. The van der Waals surface area contributed by atoms with Crippen molar-refractivity contribution in [1.82, 2.24) is 5.32 Å². The van der Waals surface area contributed by atoms with Gasteiger partial charge >= 0.3 is 11.9 Å². The van der Waals surface area contributed by atoms with Crippen LogP contribution in [0.25, 0.3) is 0 Å². The topological polar surface area (TPSA) is 261 Å². The minimum absolute atomic E-state index is 0.0298. The summed E-state index contributed by atoms with van der Waals surface area (Å²) in [5, 5.41) is 28.3. The van der Waals surface area contributed by atoms with E-state index in [-0.39, 0.29) is 53.3 Å². The number of amidine groups is 1. The van der Waals surface area contributed by atoms with Crippen LogP contribution in [-0.2, 0) is 20.8 Å². The maximum Gasteiger partial charge on any atom is 0.372 e. The number of ether oxygens (including phenoxy) is 1. The molecule has 0 aromatic heterocycles. The van der Waals surface area contributed by atoms with E-state index < -0.39 is 48.0 Å². The number of carboxylic acids is 2. The lowest BCUT2D eigenvalue weighted by Gasteiger charge is -2.20. The van der Waals surface area contributed by atoms with E-state index >= 15 is 0 Å². The molecule has 2 rings (SSSR count). The minimum Gasteiger partial charge on any atom is -0.491 e. The van der Waals surface area contributed by atoms with Crippen molar-refractivity contribution in [3.63, 3.8) is 0 Å². The molecule has 2 amide bonds. The fraction of sp³-hybridized carbons (Fsp3) is 0.208. The molecule has 10 N–H and O–H groups in total. The second-order valence-electron chi connectivity index (χ2n) is 7.97. The van der Waals surface area contributed by atoms with E-state index in [0.29, 0.717) is 0 Å². The number of carbonyl (C=O) groups excluding carboxylic acids is 3. The number of carbonyl (C=O) groups is 5. The number of ketones is 1. The van der Waals surface area contributed by atoms with Crippen LogP contribution in [0.1, 0.15) is 44.7 Å². The highest BCUT2D eigenvalue weighted by Crippen LogP contribution is 2.22. The van der Waals surface area contributed by atoms with Crippen molar-refractivity contribution in [2.75, 3.05) is 6.61 Å². The van der Waals surface area contributed by atoms with Crippen molar-refractivity contribution in [3.8, 4) is 5.75 Å². The molecule has 0 saturated carbocycles. The van der Waals surface area contributed by atoms with Gasteiger partial charge in [-0.25, -0.2) is 4.79 Å². The second kappa shape index (κ2) is 13.2. The lowest BCUT2D eigenvalue weighted by Crippen LogP contribution is -2.39. The van der Waals surface area contributed by atoms with Crippen molar-refractivity contribution in [1.29, 1.82) is 5.41 Å². The highest BCUT2D eigenvalue weighted by atomic mass is 16.5. The number of hydrogen-bond acceptors (Lipinski definition) is 7. The molecule has 0 spiro atoms. The zero-order valence-electron chi connectivity index (χ0n) is 20.0. The van der Waals surface area contributed by atoms with Gasteiger partial charge in [-0.3, -0.25) is 24.6 Å². The number of Topliss-reactive ketones (excluding diaryl/α,β-unsaturated/α-hetero) is 1. The zero-order valence-corrected chi connectivity index (χ0v) is 20.0. The van der Waals surface area contributed by atoms with Gasteiger partial charge in [0.1, 0.15) is 18.2 Å². The average molecular weight is 527 g/mol. The van der Waals surface area contributed by atoms with Crippen LogP contribution in [0, 0.1) is 5.41 Å². The molecule has 0 aliphatic carbocycles. The summed E-state index contributed by atoms with van der Waals surface area (Å²) in [5.41, 5.74) is 16.6. The largest absolute Gasteiger partial charge is 0.491 e. The highest BCUT2D eigenvalue weighted by Gasteiger charge is 2.20. The maximum absolute atomic E-state index is 12.8. The van der Waals surface area contributed by atoms with E-state index in [1.54, 1.807) is 0 Å². The predicted octanol–water partition coefficient (Wildman–Crippen LogP) is -0.377. The number of rotatable bonds is 13. The van der Waals surface area contributed by atoms with Crippen LogP contribution in [0.2, 0.25) is 0 Å². The van der Waals surface area contributed by atoms with Gasteiger partial charge in [-0.05, 0) is 36.8 Å². The quantitative estimate of drug-likeness (QED) is 0.100. The third-order valence-corrected chi connectivity index (χ3v) is 5.07. The Hall–Kier alpha value is -5.27. The number of hydrogen-bond donors (Lipinski definition) is 7. The smallest absolute Gasteiger partial charge is 0.372 e. The zero-order chi connectivity index (χ0) is 28.4. The highest BCUT2D eigenvalue weighted by molar-refractivity contribution is 6.33. The first-order chi connectivity index (χ1) is 17.9. The molecule has 14 nitrogen and oxygen atoms in total. The molecule has 0 bridgehead atoms. The van der Waals surface area contributed by atoms with Gasteiger partial charge in [-0.1, -0.05) is 12.1 Å². The number of guanidine groups is 1. The van der Waals surface area contributed by atoms with Gasteiger partial charge in [0.05, 0.1) is 6.04 Å². The van der Waals surface area contributed by atoms with Crippen LogP contribution >= 0.6 is 0 Å². The first-order valence-electron chi connectivity index (χ1n) is 11.0. The molecule has 2 aromatic rings. The first kappa shape index (κ1) is 29.0. The van der Waals surface area contributed by atoms with Crippen LogP contribution in [-0.4, -0.2) is 64.2 Å². The fourth-order valence-corrected chi connectivity index (χ4v) is 3.15. The van der Waals surface area contributed by atoms with Crippen molar-refractivity contribution < 1.29 is 38.9 Å². The average Bonchev–Trinajstić information content (AvgIpc) is 2.85. The molecule has 0 heterocycles. The van der Waals surface area contributed by atoms with Gasteiger partial charge in [-0.15, -0.1) is 0 Å². The standard InChI is InChI=1S/C24H26N6O8/c25-20(26)15-6-5-14(9-17(31)23(36)37)18(10-15)38-11-16(7-8-19(32)33)29-21(34)12-1-3-13(4-2-12)22(35)30-24(27)28/h1-6,10,16H,7-9,11H2,(H3,25,26)(H,29,34)(H,32,33)(H,36,37)(H4,27,28,30,35)/t16-/m1/s1. The Balaban J connectivity index is 2.22. The molecule has 38 heavy (non-hydrogen) atoms. The lowest BCUT2D eigenvalue weighted by molar-refractivity contribution is -0.148. The fourth-order valence-electron chi connectivity index (χ4n) is 3.15. The van der Waals surface area contributed by atoms with E-state index in [1.165, 1.54) is 42.5 Å². The van der Waals surface area contributed by atoms with Gasteiger partial charge in [0, 0.05) is 35.1 Å². The van der Waals surface area contributed by atoms with E-state index in [2.05, 4.69) is 10.3 Å². The summed E-state index contributed by atoms with van der Waals surface area (Å²) in [5.74, 6) is -5.81. The molecule has 200 valence electrons. The summed E-state index contributed by atoms with van der Waals surface area (Å²) in [7, 11) is 0. The molecule has 0 unspecified atom stereocenters. The normalized spacial score (nSPS) is 11.1. The van der Waals surface area contributed by atoms with Gasteiger partial charge in [0.2, 0.25) is 5.78 Å². The van der Waals surface area contributed by atoms with E-state index in [4.69, 9.17) is 37.6 Å². The third kappa shape index (κ3) is 8.75. The Morgan fingerprint density at radius 1 is 0.947 bits per heavy atom. The summed E-state index contributed by atoms with van der Waals surface area (Å²) >= 11 is 0. The third-order valence-electron chi connectivity index (χ3n) is 5.07. The monoisotopic (exact) mass is 526 g/mol. The minimum atomic E-state index is -1.63. The van der Waals surface area contributed by atoms with Gasteiger partial charge in [-0.2, -0.15) is 4.99 Å². The van der Waals surface area contributed by atoms with Gasteiger partial charge in [0.15, 0.2) is 5.96 Å². The van der Waals surface area contributed by atoms with E-state index in [9.17, 15) is 24.0 Å². The van der Waals surface area contributed by atoms with Gasteiger partial charge in [0.25, 0.3) is 11.8 Å². The van der Waals surface area contributed by atoms with Crippen LogP contribution in [0.15, 0.2) is 47.5 Å². The molecular weight excluding hydrogens is 500 g/mol. The molecule has 0 aliphatic rings. The number of nitrogens with two attached hydrogens (primary N) is 3. The summed E-state index contributed by atoms with van der Waals surface area (Å²) in [6.45, 7) is -0.254. The summed E-state index contributed by atoms with van der Waals surface area (Å²) < 4.78 is 5.74. The summed E-state index contributed by atoms with van der Waals surface area (Å²) in [6, 6.07) is 8.71. The SMILES string of the molecule is N=C(N)c1ccc(CC(=O)C(=O)O)c(OC[C@@H](CCC(=O)O)NC(=O)c2ccc(C(=O)N=C(N)N)cc2)c1. The van der Waals surface area contributed by atoms with Crippen LogP contribution in [0.4, 0.5) is 0 Å². The lowest BCUT2D eigenvalue weighted by atomic mass is 10.0. The number of amides is 2. The molecule has 0 saturated heterocycles. The number of aliphatic carboxylic acids is 2. The van der Waals surface area contributed by atoms with Crippen molar-refractivity contribution >= 4 is 41.3 Å². The van der Waals surface area contributed by atoms with Gasteiger partial charge < -0.3 is 37.5 Å². The second-order valence-corrected chi connectivity index (χ2v) is 7.97. The Kier molecular flexibility index (Phi) is 10.0. The van der Waals surface area contributed by atoms with Crippen molar-refractivity contribution in [3.05, 3.63) is 64.7 Å². The van der Waals surface area contributed by atoms with Crippen molar-refractivity contribution in [2.24, 2.45) is 22.2 Å². The van der Waals surface area contributed by atoms with E-state index in [1.807, 2.05) is 0 Å². The number of carboxylic acid groups (broad SMARTS) is 2. The number of nitrogens with one attached hydrogen (secondary N) is 2. The number of benzene rings is 2. The summed E-state index contributed by atoms with van der Waals surface area (Å²) in [6.07, 6.45) is -0.837. The number of nitrogen functional groups attached to an aromatic ring is 1. The predicted molar refractivity (Wildman–Crippen MR) is 134 cm³/mol. The molecule has 0 aliphatic heterocycles. The summed E-state index contributed by atoms with van der Waals surface area (Å²) in [4.78, 5) is 61.9. The Morgan fingerprint density at radius 3 is 2.11 bits per heavy atom. The first-order valence-corrected chi connectivity index (χ1v) is 11.0. The van der Waals surface area contributed by atoms with E-state index in [0.717, 1.165) is 0 Å². The van der Waals surface area contributed by atoms with Crippen LogP contribution in [0.5, 0.6) is 5.75 Å². The molecule has 2 aromatic carbocycles. The van der Waals surface area contributed by atoms with Crippen molar-refractivity contribution in [2.45, 2.75) is 25.3 Å². The molecular formula is C24H26N6O8. The molecule has 0 fully saturated rings. The Labute approximate surface area is 216 Å². The Bertz CT molecular complexity index is 1290. The van der Waals surface area contributed by atoms with Crippen LogP contribution < -0.4 is 27.3 Å². The number of nitrogens with zero attached hydrogens (tertiary/aromatic N) is 1. The Morgan fingerprint density at radius 2 is 1.55 bits per heavy atom.